The van der Waals surface area contributed by atoms with Crippen LogP contribution in [0.2, 0.25) is 0 Å². The molecule has 1 saturated heterocycles. The zero-order valence-corrected chi connectivity index (χ0v) is 11.0. The SMILES string of the molecule is O=C(Cc1nc(CCl)cs1)N1CCC(CO)C1. The van der Waals surface area contributed by atoms with Crippen LogP contribution < -0.4 is 0 Å². The molecule has 0 saturated carbocycles. The number of nitrogens with zero attached hydrogens (tertiary/aromatic N) is 2. The van der Waals surface area contributed by atoms with E-state index in [9.17, 15) is 4.79 Å². The second-order valence-corrected chi connectivity index (χ2v) is 5.43. The molecule has 1 N–H and O–H groups in total. The Kier molecular flexibility index (Phi) is 4.36. The van der Waals surface area contributed by atoms with E-state index in [0.29, 0.717) is 18.8 Å². The summed E-state index contributed by atoms with van der Waals surface area (Å²) in [6.07, 6.45) is 1.24. The summed E-state index contributed by atoms with van der Waals surface area (Å²) in [4.78, 5) is 18.0. The lowest BCUT2D eigenvalue weighted by Gasteiger charge is -2.15. The van der Waals surface area contributed by atoms with Gasteiger partial charge in [0.2, 0.25) is 5.91 Å². The van der Waals surface area contributed by atoms with Crippen molar-refractivity contribution in [3.05, 3.63) is 16.1 Å². The van der Waals surface area contributed by atoms with Crippen molar-refractivity contribution in [1.82, 2.24) is 9.88 Å². The number of aromatic nitrogens is 1. The van der Waals surface area contributed by atoms with E-state index in [1.54, 1.807) is 0 Å². The Bertz CT molecular complexity index is 397. The number of carbonyl (C=O) groups excluding carboxylic acids is 1. The molecule has 0 bridgehead atoms. The van der Waals surface area contributed by atoms with Gasteiger partial charge >= 0.3 is 0 Å². The van der Waals surface area contributed by atoms with E-state index >= 15 is 0 Å². The van der Waals surface area contributed by atoms with E-state index in [1.807, 2.05) is 10.3 Å². The van der Waals surface area contributed by atoms with Crippen molar-refractivity contribution in [3.8, 4) is 0 Å². The van der Waals surface area contributed by atoms with Gasteiger partial charge in [-0.25, -0.2) is 4.98 Å². The molecule has 1 aromatic heterocycles. The van der Waals surface area contributed by atoms with Gasteiger partial charge in [-0.3, -0.25) is 4.79 Å². The fourth-order valence-electron chi connectivity index (χ4n) is 1.94. The summed E-state index contributed by atoms with van der Waals surface area (Å²) in [5, 5.41) is 11.7. The van der Waals surface area contributed by atoms with E-state index in [2.05, 4.69) is 4.98 Å². The standard InChI is InChI=1S/C11H15ClN2O2S/c12-4-9-7-17-10(13-9)3-11(16)14-2-1-8(5-14)6-15/h7-8,15H,1-6H2. The minimum Gasteiger partial charge on any atom is -0.396 e. The quantitative estimate of drug-likeness (QED) is 0.841. The molecule has 0 radical (unpaired) electrons. The minimum atomic E-state index is 0.0939. The van der Waals surface area contributed by atoms with Gasteiger partial charge in [-0.05, 0) is 6.42 Å². The van der Waals surface area contributed by atoms with Gasteiger partial charge in [0.25, 0.3) is 0 Å². The third kappa shape index (κ3) is 3.18. The van der Waals surface area contributed by atoms with Crippen LogP contribution in [0.25, 0.3) is 0 Å². The van der Waals surface area contributed by atoms with Gasteiger partial charge in [0, 0.05) is 31.0 Å². The fraction of sp³-hybridized carbons (Fsp3) is 0.636. The molecule has 1 aromatic rings. The van der Waals surface area contributed by atoms with Crippen molar-refractivity contribution in [2.45, 2.75) is 18.7 Å². The average molecular weight is 275 g/mol. The molecule has 1 fully saturated rings. The minimum absolute atomic E-state index is 0.0939. The van der Waals surface area contributed by atoms with Crippen LogP contribution in [0.15, 0.2) is 5.38 Å². The molecule has 0 aromatic carbocycles. The highest BCUT2D eigenvalue weighted by Crippen LogP contribution is 2.18. The van der Waals surface area contributed by atoms with Crippen molar-refractivity contribution in [3.63, 3.8) is 0 Å². The number of likely N-dealkylation sites (tertiary alicyclic amines) is 1. The van der Waals surface area contributed by atoms with Crippen LogP contribution in [0.5, 0.6) is 0 Å². The predicted octanol–water partition coefficient (Wildman–Crippen LogP) is 1.27. The van der Waals surface area contributed by atoms with Crippen LogP contribution in [0.4, 0.5) is 0 Å². The number of alkyl halides is 1. The number of aliphatic hydroxyl groups excluding tert-OH is 1. The smallest absolute Gasteiger partial charge is 0.229 e. The highest BCUT2D eigenvalue weighted by Gasteiger charge is 2.25. The van der Waals surface area contributed by atoms with Crippen molar-refractivity contribution in [2.24, 2.45) is 5.92 Å². The number of halogens is 1. The molecule has 1 amide bonds. The Morgan fingerprint density at radius 1 is 1.71 bits per heavy atom. The third-order valence-corrected chi connectivity index (χ3v) is 4.11. The average Bonchev–Trinajstić information content (AvgIpc) is 2.96. The molecule has 17 heavy (non-hydrogen) atoms. The fourth-order valence-corrected chi connectivity index (χ4v) is 2.95. The number of hydrogen-bond acceptors (Lipinski definition) is 4. The third-order valence-electron chi connectivity index (χ3n) is 2.94. The maximum atomic E-state index is 12.0. The normalized spacial score (nSPS) is 19.9. The zero-order chi connectivity index (χ0) is 12.3. The molecular formula is C11H15ClN2O2S. The van der Waals surface area contributed by atoms with Gasteiger partial charge in [-0.15, -0.1) is 22.9 Å². The van der Waals surface area contributed by atoms with E-state index in [0.717, 1.165) is 23.7 Å². The lowest BCUT2D eigenvalue weighted by atomic mass is 10.1. The topological polar surface area (TPSA) is 53.4 Å². The number of aliphatic hydroxyl groups is 1. The molecule has 1 aliphatic rings. The highest BCUT2D eigenvalue weighted by atomic mass is 35.5. The summed E-state index contributed by atoms with van der Waals surface area (Å²) in [6, 6.07) is 0. The van der Waals surface area contributed by atoms with Crippen LogP contribution in [-0.4, -0.2) is 40.6 Å². The van der Waals surface area contributed by atoms with Crippen LogP contribution in [0.3, 0.4) is 0 Å². The molecule has 2 rings (SSSR count). The summed E-state index contributed by atoms with van der Waals surface area (Å²) < 4.78 is 0. The van der Waals surface area contributed by atoms with Crippen molar-refractivity contribution in [1.29, 1.82) is 0 Å². The molecule has 0 spiro atoms. The van der Waals surface area contributed by atoms with E-state index in [4.69, 9.17) is 16.7 Å². The first-order chi connectivity index (χ1) is 8.22. The molecule has 1 aliphatic heterocycles. The Labute approximate surface area is 109 Å². The Morgan fingerprint density at radius 2 is 2.53 bits per heavy atom. The maximum absolute atomic E-state index is 12.0. The number of hydrogen-bond donors (Lipinski definition) is 1. The molecule has 4 nitrogen and oxygen atoms in total. The summed E-state index contributed by atoms with van der Waals surface area (Å²) in [7, 11) is 0. The van der Waals surface area contributed by atoms with Gasteiger partial charge in [0.05, 0.1) is 18.0 Å². The van der Waals surface area contributed by atoms with Crippen LogP contribution >= 0.6 is 22.9 Å². The summed E-state index contributed by atoms with van der Waals surface area (Å²) in [5.41, 5.74) is 0.828. The molecule has 1 unspecified atom stereocenters. The first kappa shape index (κ1) is 12.8. The Morgan fingerprint density at radius 3 is 3.12 bits per heavy atom. The molecule has 1 atom stereocenters. The predicted molar refractivity (Wildman–Crippen MR) is 67.1 cm³/mol. The van der Waals surface area contributed by atoms with Gasteiger partial charge in [-0.2, -0.15) is 0 Å². The van der Waals surface area contributed by atoms with Crippen molar-refractivity contribution >= 4 is 28.8 Å². The number of amides is 1. The molecule has 94 valence electrons. The summed E-state index contributed by atoms with van der Waals surface area (Å²) >= 11 is 7.14. The summed E-state index contributed by atoms with van der Waals surface area (Å²) in [5.74, 6) is 0.728. The van der Waals surface area contributed by atoms with Gasteiger partial charge in [-0.1, -0.05) is 0 Å². The Hall–Kier alpha value is -0.650. The number of carbonyl (C=O) groups is 1. The molecule has 6 heteroatoms. The summed E-state index contributed by atoms with van der Waals surface area (Å²) in [6.45, 7) is 1.58. The molecule has 0 aliphatic carbocycles. The monoisotopic (exact) mass is 274 g/mol. The maximum Gasteiger partial charge on any atom is 0.229 e. The van der Waals surface area contributed by atoms with Crippen LogP contribution in [0, 0.1) is 5.92 Å². The van der Waals surface area contributed by atoms with Crippen LogP contribution in [-0.2, 0) is 17.1 Å². The van der Waals surface area contributed by atoms with Gasteiger partial charge in [0.1, 0.15) is 5.01 Å². The lowest BCUT2D eigenvalue weighted by Crippen LogP contribution is -2.30. The second kappa shape index (κ2) is 5.80. The van der Waals surface area contributed by atoms with Crippen LogP contribution in [0.1, 0.15) is 17.1 Å². The van der Waals surface area contributed by atoms with Gasteiger partial charge in [0.15, 0.2) is 0 Å². The Balaban J connectivity index is 1.89. The first-order valence-electron chi connectivity index (χ1n) is 5.60. The number of thiazole rings is 1. The van der Waals surface area contributed by atoms with E-state index < -0.39 is 0 Å². The second-order valence-electron chi connectivity index (χ2n) is 4.22. The molecule has 2 heterocycles. The molecular weight excluding hydrogens is 260 g/mol. The van der Waals surface area contributed by atoms with E-state index in [1.165, 1.54) is 11.3 Å². The zero-order valence-electron chi connectivity index (χ0n) is 9.43. The number of rotatable bonds is 4. The van der Waals surface area contributed by atoms with Crippen molar-refractivity contribution < 1.29 is 9.90 Å². The van der Waals surface area contributed by atoms with E-state index in [-0.39, 0.29) is 18.4 Å². The first-order valence-corrected chi connectivity index (χ1v) is 7.02. The lowest BCUT2D eigenvalue weighted by molar-refractivity contribution is -0.129. The largest absolute Gasteiger partial charge is 0.396 e. The van der Waals surface area contributed by atoms with Gasteiger partial charge < -0.3 is 10.0 Å². The highest BCUT2D eigenvalue weighted by molar-refractivity contribution is 7.09. The van der Waals surface area contributed by atoms with Crippen molar-refractivity contribution in [2.75, 3.05) is 19.7 Å².